The normalized spacial score (nSPS) is 10.2. The van der Waals surface area contributed by atoms with Crippen LogP contribution in [0.25, 0.3) is 0 Å². The zero-order valence-corrected chi connectivity index (χ0v) is 9.55. The molecule has 0 aliphatic carbocycles. The van der Waals surface area contributed by atoms with E-state index in [2.05, 4.69) is 15.9 Å². The number of rotatable bonds is 2. The number of aromatic hydroxyl groups is 2. The summed E-state index contributed by atoms with van der Waals surface area (Å²) in [6.07, 6.45) is 0.172. The Balaban J connectivity index is 3.25. The predicted octanol–water partition coefficient (Wildman–Crippen LogP) is 2.30. The highest BCUT2D eigenvalue weighted by molar-refractivity contribution is 9.10. The standard InChI is InChI=1S/C10H11BrO3/c1-5-3-7(4-6(2)12)10(14)8(11)9(5)13/h3,13-14H,4H2,1-2H3. The van der Waals surface area contributed by atoms with Gasteiger partial charge in [-0.15, -0.1) is 0 Å². The molecule has 0 radical (unpaired) electrons. The molecule has 4 heteroatoms. The number of carbonyl (C=O) groups excluding carboxylic acids is 1. The minimum atomic E-state index is -0.0664. The third-order valence-electron chi connectivity index (χ3n) is 1.92. The van der Waals surface area contributed by atoms with Crippen molar-refractivity contribution in [3.63, 3.8) is 0 Å². The Hall–Kier alpha value is -1.03. The Morgan fingerprint density at radius 2 is 2.00 bits per heavy atom. The molecule has 0 spiro atoms. The number of phenolic OH excluding ortho intramolecular Hbond substituents is 2. The highest BCUT2D eigenvalue weighted by Gasteiger charge is 2.13. The topological polar surface area (TPSA) is 57.5 Å². The molecule has 0 saturated carbocycles. The van der Waals surface area contributed by atoms with Crippen LogP contribution in [-0.4, -0.2) is 16.0 Å². The number of hydrogen-bond donors (Lipinski definition) is 2. The Morgan fingerprint density at radius 1 is 1.43 bits per heavy atom. The Kier molecular flexibility index (Phi) is 3.16. The molecular weight excluding hydrogens is 248 g/mol. The van der Waals surface area contributed by atoms with Crippen LogP contribution < -0.4 is 0 Å². The third-order valence-corrected chi connectivity index (χ3v) is 2.67. The van der Waals surface area contributed by atoms with Crippen LogP contribution in [0.1, 0.15) is 18.1 Å². The molecule has 0 atom stereocenters. The molecule has 0 bridgehead atoms. The van der Waals surface area contributed by atoms with E-state index < -0.39 is 0 Å². The molecule has 0 amide bonds. The highest BCUT2D eigenvalue weighted by Crippen LogP contribution is 2.38. The van der Waals surface area contributed by atoms with Gasteiger partial charge in [0.15, 0.2) is 0 Å². The first-order valence-corrected chi connectivity index (χ1v) is 4.92. The molecule has 0 heterocycles. The fourth-order valence-corrected chi connectivity index (χ4v) is 1.79. The maximum absolute atomic E-state index is 10.9. The van der Waals surface area contributed by atoms with E-state index in [1.165, 1.54) is 6.92 Å². The van der Waals surface area contributed by atoms with E-state index in [4.69, 9.17) is 0 Å². The Bertz CT molecular complexity index is 385. The summed E-state index contributed by atoms with van der Waals surface area (Å²) in [5.74, 6) is -0.0876. The van der Waals surface area contributed by atoms with Crippen molar-refractivity contribution in [1.82, 2.24) is 0 Å². The minimum Gasteiger partial charge on any atom is -0.506 e. The Morgan fingerprint density at radius 3 is 2.50 bits per heavy atom. The van der Waals surface area contributed by atoms with E-state index in [1.54, 1.807) is 13.0 Å². The van der Waals surface area contributed by atoms with Crippen molar-refractivity contribution in [2.75, 3.05) is 0 Å². The lowest BCUT2D eigenvalue weighted by molar-refractivity contribution is -0.116. The molecule has 2 N–H and O–H groups in total. The maximum Gasteiger partial charge on any atom is 0.137 e. The van der Waals surface area contributed by atoms with E-state index in [0.29, 0.717) is 11.1 Å². The first kappa shape index (κ1) is 11.0. The van der Waals surface area contributed by atoms with E-state index in [1.807, 2.05) is 0 Å². The van der Waals surface area contributed by atoms with Gasteiger partial charge in [-0.25, -0.2) is 0 Å². The summed E-state index contributed by atoms with van der Waals surface area (Å²) in [4.78, 5) is 10.9. The van der Waals surface area contributed by atoms with Crippen LogP contribution in [0.3, 0.4) is 0 Å². The van der Waals surface area contributed by atoms with E-state index >= 15 is 0 Å². The second-order valence-electron chi connectivity index (χ2n) is 3.24. The van der Waals surface area contributed by atoms with Crippen molar-refractivity contribution >= 4 is 21.7 Å². The summed E-state index contributed by atoms with van der Waals surface area (Å²) in [7, 11) is 0. The third kappa shape index (κ3) is 2.07. The van der Waals surface area contributed by atoms with Crippen LogP contribution >= 0.6 is 15.9 Å². The van der Waals surface area contributed by atoms with Gasteiger partial charge in [0, 0.05) is 12.0 Å². The lowest BCUT2D eigenvalue weighted by Crippen LogP contribution is -1.97. The molecule has 0 aliphatic heterocycles. The van der Waals surface area contributed by atoms with Crippen molar-refractivity contribution in [2.45, 2.75) is 20.3 Å². The molecular formula is C10H11BrO3. The average molecular weight is 259 g/mol. The number of benzene rings is 1. The molecule has 0 aliphatic rings. The number of phenols is 2. The number of halogens is 1. The first-order valence-electron chi connectivity index (χ1n) is 4.12. The molecule has 1 aromatic carbocycles. The fraction of sp³-hybridized carbons (Fsp3) is 0.300. The molecule has 3 nitrogen and oxygen atoms in total. The van der Waals surface area contributed by atoms with Crippen LogP contribution in [0.15, 0.2) is 10.5 Å². The van der Waals surface area contributed by atoms with Crippen molar-refractivity contribution in [2.24, 2.45) is 0 Å². The number of hydrogen-bond acceptors (Lipinski definition) is 3. The summed E-state index contributed by atoms with van der Waals surface area (Å²) in [5.41, 5.74) is 1.16. The SMILES string of the molecule is CC(=O)Cc1cc(C)c(O)c(Br)c1O. The Labute approximate surface area is 90.5 Å². The zero-order chi connectivity index (χ0) is 10.9. The number of ketones is 1. The van der Waals surface area contributed by atoms with Crippen molar-refractivity contribution < 1.29 is 15.0 Å². The van der Waals surface area contributed by atoms with Gasteiger partial charge in [-0.3, -0.25) is 4.79 Å². The lowest BCUT2D eigenvalue weighted by atomic mass is 10.0. The van der Waals surface area contributed by atoms with Gasteiger partial charge in [0.25, 0.3) is 0 Å². The summed E-state index contributed by atoms with van der Waals surface area (Å²) in [6, 6.07) is 1.61. The largest absolute Gasteiger partial charge is 0.506 e. The fourth-order valence-electron chi connectivity index (χ4n) is 1.23. The molecule has 1 rings (SSSR count). The van der Waals surface area contributed by atoms with Gasteiger partial charge >= 0.3 is 0 Å². The summed E-state index contributed by atoms with van der Waals surface area (Å²) in [5, 5.41) is 19.0. The van der Waals surface area contributed by atoms with Crippen LogP contribution in [0.2, 0.25) is 0 Å². The van der Waals surface area contributed by atoms with Gasteiger partial charge in [-0.2, -0.15) is 0 Å². The molecule has 0 unspecified atom stereocenters. The smallest absolute Gasteiger partial charge is 0.137 e. The lowest BCUT2D eigenvalue weighted by Gasteiger charge is -2.08. The predicted molar refractivity (Wildman–Crippen MR) is 56.6 cm³/mol. The van der Waals surface area contributed by atoms with Gasteiger partial charge in [0.05, 0.1) is 0 Å². The second kappa shape index (κ2) is 4.00. The van der Waals surface area contributed by atoms with Gasteiger partial charge < -0.3 is 10.2 Å². The zero-order valence-electron chi connectivity index (χ0n) is 7.97. The molecule has 0 fully saturated rings. The first-order chi connectivity index (χ1) is 6.43. The van der Waals surface area contributed by atoms with Crippen LogP contribution in [-0.2, 0) is 11.2 Å². The van der Waals surface area contributed by atoms with Crippen molar-refractivity contribution in [3.8, 4) is 11.5 Å². The van der Waals surface area contributed by atoms with Crippen molar-refractivity contribution in [1.29, 1.82) is 0 Å². The molecule has 1 aromatic rings. The number of aryl methyl sites for hydroxylation is 1. The minimum absolute atomic E-state index is 0.00908. The van der Waals surface area contributed by atoms with Crippen molar-refractivity contribution in [3.05, 3.63) is 21.7 Å². The van der Waals surface area contributed by atoms with E-state index in [-0.39, 0.29) is 28.2 Å². The van der Waals surface area contributed by atoms with Gasteiger partial charge in [-0.1, -0.05) is 0 Å². The quantitative estimate of drug-likeness (QED) is 0.856. The molecule has 0 aromatic heterocycles. The molecule has 14 heavy (non-hydrogen) atoms. The average Bonchev–Trinajstić information content (AvgIpc) is 2.10. The van der Waals surface area contributed by atoms with Gasteiger partial charge in [0.2, 0.25) is 0 Å². The molecule has 76 valence electrons. The highest BCUT2D eigenvalue weighted by atomic mass is 79.9. The molecule has 0 saturated heterocycles. The maximum atomic E-state index is 10.9. The van der Waals surface area contributed by atoms with E-state index in [0.717, 1.165) is 0 Å². The summed E-state index contributed by atoms with van der Waals surface area (Å²) < 4.78 is 0.244. The summed E-state index contributed by atoms with van der Waals surface area (Å²) >= 11 is 3.06. The van der Waals surface area contributed by atoms with Gasteiger partial charge in [-0.05, 0) is 41.4 Å². The van der Waals surface area contributed by atoms with Crippen LogP contribution in [0, 0.1) is 6.92 Å². The number of carbonyl (C=O) groups is 1. The van der Waals surface area contributed by atoms with Crippen LogP contribution in [0.4, 0.5) is 0 Å². The summed E-state index contributed by atoms with van der Waals surface area (Å²) in [6.45, 7) is 3.17. The monoisotopic (exact) mass is 258 g/mol. The second-order valence-corrected chi connectivity index (χ2v) is 4.04. The number of Topliss-reactive ketones (excluding diaryl/α,β-unsaturated/α-hetero) is 1. The van der Waals surface area contributed by atoms with E-state index in [9.17, 15) is 15.0 Å². The van der Waals surface area contributed by atoms with Crippen LogP contribution in [0.5, 0.6) is 11.5 Å². The van der Waals surface area contributed by atoms with Gasteiger partial charge in [0.1, 0.15) is 21.8 Å².